The number of nitrogens with zero attached hydrogens (tertiary/aromatic N) is 1. The molecule has 0 saturated heterocycles. The van der Waals surface area contributed by atoms with E-state index in [2.05, 4.69) is 24.1 Å². The number of benzene rings is 1. The van der Waals surface area contributed by atoms with Gasteiger partial charge in [-0.2, -0.15) is 0 Å². The molecule has 144 valence electrons. The minimum atomic E-state index is -0.221. The minimum Gasteiger partial charge on any atom is -0.493 e. The molecule has 2 aromatic rings. The zero-order valence-corrected chi connectivity index (χ0v) is 16.8. The molecule has 0 saturated carbocycles. The summed E-state index contributed by atoms with van der Waals surface area (Å²) in [6, 6.07) is 5.67. The number of allylic oxidation sites excluding steroid dienone is 2. The summed E-state index contributed by atoms with van der Waals surface area (Å²) < 4.78 is 16.1. The second-order valence-electron chi connectivity index (χ2n) is 6.75. The van der Waals surface area contributed by atoms with Crippen LogP contribution >= 0.6 is 11.3 Å². The van der Waals surface area contributed by atoms with Crippen molar-refractivity contribution in [3.05, 3.63) is 41.4 Å². The van der Waals surface area contributed by atoms with Gasteiger partial charge in [0, 0.05) is 10.9 Å². The first kappa shape index (κ1) is 19.4. The molecule has 27 heavy (non-hydrogen) atoms. The maximum absolute atomic E-state index is 12.2. The lowest BCUT2D eigenvalue weighted by Crippen LogP contribution is -2.22. The Morgan fingerprint density at radius 2 is 1.96 bits per heavy atom. The van der Waals surface area contributed by atoms with E-state index in [0.717, 1.165) is 29.1 Å². The van der Waals surface area contributed by atoms with Crippen molar-refractivity contribution in [2.24, 2.45) is 11.8 Å². The van der Waals surface area contributed by atoms with Gasteiger partial charge in [0.25, 0.3) is 0 Å². The van der Waals surface area contributed by atoms with Gasteiger partial charge >= 0.3 is 5.97 Å². The van der Waals surface area contributed by atoms with E-state index >= 15 is 0 Å². The van der Waals surface area contributed by atoms with Crippen LogP contribution in [0.4, 0.5) is 0 Å². The predicted molar refractivity (Wildman–Crippen MR) is 106 cm³/mol. The van der Waals surface area contributed by atoms with Gasteiger partial charge in [0.1, 0.15) is 5.01 Å². The normalized spacial score (nSPS) is 18.9. The van der Waals surface area contributed by atoms with Crippen molar-refractivity contribution in [1.29, 1.82) is 0 Å². The summed E-state index contributed by atoms with van der Waals surface area (Å²) in [5, 5.41) is 2.74. The standard InChI is InChI=1S/C21H25NO4S/c1-14-6-4-5-7-16(14)12-26-20(23)11-17-13-27-21(22-17)15-8-9-18(24-2)19(10-15)25-3/h4-5,8-10,13-14,16H,6-7,11-12H2,1-3H3. The van der Waals surface area contributed by atoms with E-state index in [0.29, 0.717) is 29.9 Å². The third kappa shape index (κ3) is 4.89. The number of hydrogen-bond acceptors (Lipinski definition) is 6. The van der Waals surface area contributed by atoms with Gasteiger partial charge in [-0.15, -0.1) is 11.3 Å². The van der Waals surface area contributed by atoms with Gasteiger partial charge in [-0.25, -0.2) is 4.98 Å². The Balaban J connectivity index is 1.59. The van der Waals surface area contributed by atoms with Crippen molar-refractivity contribution in [3.8, 4) is 22.1 Å². The molecule has 6 heteroatoms. The number of aromatic nitrogens is 1. The first-order valence-corrected chi connectivity index (χ1v) is 9.96. The van der Waals surface area contributed by atoms with Gasteiger partial charge < -0.3 is 14.2 Å². The van der Waals surface area contributed by atoms with Gasteiger partial charge in [-0.05, 0) is 42.9 Å². The zero-order valence-electron chi connectivity index (χ0n) is 15.9. The van der Waals surface area contributed by atoms with Crippen LogP contribution in [0, 0.1) is 11.8 Å². The van der Waals surface area contributed by atoms with Crippen LogP contribution in [0.3, 0.4) is 0 Å². The molecule has 0 bridgehead atoms. The van der Waals surface area contributed by atoms with E-state index in [1.165, 1.54) is 11.3 Å². The molecular formula is C21H25NO4S. The minimum absolute atomic E-state index is 0.195. The molecule has 0 radical (unpaired) electrons. The molecule has 1 aliphatic rings. The monoisotopic (exact) mass is 387 g/mol. The molecule has 3 rings (SSSR count). The van der Waals surface area contributed by atoms with Crippen LogP contribution in [0.5, 0.6) is 11.5 Å². The van der Waals surface area contributed by atoms with Gasteiger partial charge in [0.05, 0.1) is 32.9 Å². The molecule has 1 heterocycles. The second-order valence-corrected chi connectivity index (χ2v) is 7.61. The van der Waals surface area contributed by atoms with Crippen LogP contribution < -0.4 is 9.47 Å². The molecule has 1 aromatic carbocycles. The Kier molecular flexibility index (Phi) is 6.50. The molecule has 2 atom stereocenters. The molecule has 0 fully saturated rings. The summed E-state index contributed by atoms with van der Waals surface area (Å²) >= 11 is 1.50. The predicted octanol–water partition coefficient (Wildman–Crippen LogP) is 4.52. The lowest BCUT2D eigenvalue weighted by Gasteiger charge is -2.24. The fourth-order valence-corrected chi connectivity index (χ4v) is 3.94. The highest BCUT2D eigenvalue weighted by Gasteiger charge is 2.20. The van der Waals surface area contributed by atoms with E-state index in [1.54, 1.807) is 14.2 Å². The highest BCUT2D eigenvalue weighted by Crippen LogP contribution is 2.33. The lowest BCUT2D eigenvalue weighted by molar-refractivity contribution is -0.144. The second kappa shape index (κ2) is 9.04. The summed E-state index contributed by atoms with van der Waals surface area (Å²) in [6.45, 7) is 2.69. The molecule has 1 aromatic heterocycles. The molecule has 5 nitrogen and oxygen atoms in total. The van der Waals surface area contributed by atoms with E-state index in [4.69, 9.17) is 14.2 Å². The van der Waals surface area contributed by atoms with Gasteiger partial charge in [0.2, 0.25) is 0 Å². The number of ether oxygens (including phenoxy) is 3. The molecule has 0 aliphatic heterocycles. The fraction of sp³-hybridized carbons (Fsp3) is 0.429. The maximum atomic E-state index is 12.2. The topological polar surface area (TPSA) is 57.7 Å². The first-order valence-electron chi connectivity index (χ1n) is 9.08. The summed E-state index contributed by atoms with van der Waals surface area (Å²) in [6.07, 6.45) is 6.61. The van der Waals surface area contributed by atoms with Crippen LogP contribution in [0.15, 0.2) is 35.7 Å². The Morgan fingerprint density at radius 3 is 2.70 bits per heavy atom. The number of hydrogen-bond donors (Lipinski definition) is 0. The van der Waals surface area contributed by atoms with Gasteiger partial charge in [-0.1, -0.05) is 19.1 Å². The number of esters is 1. The van der Waals surface area contributed by atoms with Crippen molar-refractivity contribution in [2.75, 3.05) is 20.8 Å². The SMILES string of the molecule is COc1ccc(-c2nc(CC(=O)OCC3CC=CCC3C)cs2)cc1OC. The number of rotatable bonds is 7. The van der Waals surface area contributed by atoms with E-state index in [9.17, 15) is 4.79 Å². The van der Waals surface area contributed by atoms with E-state index < -0.39 is 0 Å². The van der Waals surface area contributed by atoms with Crippen molar-refractivity contribution in [1.82, 2.24) is 4.98 Å². The lowest BCUT2D eigenvalue weighted by atomic mass is 9.85. The van der Waals surface area contributed by atoms with E-state index in [-0.39, 0.29) is 12.4 Å². The van der Waals surface area contributed by atoms with Crippen molar-refractivity contribution >= 4 is 17.3 Å². The Hall–Kier alpha value is -2.34. The average molecular weight is 388 g/mol. The third-order valence-electron chi connectivity index (χ3n) is 4.88. The van der Waals surface area contributed by atoms with Crippen LogP contribution in [-0.4, -0.2) is 31.8 Å². The van der Waals surface area contributed by atoms with Gasteiger partial charge in [-0.3, -0.25) is 4.79 Å². The third-order valence-corrected chi connectivity index (χ3v) is 5.82. The molecule has 0 N–H and O–H groups in total. The molecule has 0 spiro atoms. The summed E-state index contributed by atoms with van der Waals surface area (Å²) in [5.41, 5.74) is 1.66. The smallest absolute Gasteiger partial charge is 0.311 e. The number of carbonyl (C=O) groups excluding carboxylic acids is 1. The van der Waals surface area contributed by atoms with Crippen molar-refractivity contribution in [3.63, 3.8) is 0 Å². The number of thiazole rings is 1. The molecule has 2 unspecified atom stereocenters. The van der Waals surface area contributed by atoms with Crippen LogP contribution in [0.2, 0.25) is 0 Å². The Labute approximate surface area is 164 Å². The first-order chi connectivity index (χ1) is 13.1. The number of methoxy groups -OCH3 is 2. The maximum Gasteiger partial charge on any atom is 0.311 e. The quantitative estimate of drug-likeness (QED) is 0.517. The molecule has 1 aliphatic carbocycles. The van der Waals surface area contributed by atoms with Crippen LogP contribution in [-0.2, 0) is 16.0 Å². The summed E-state index contributed by atoms with van der Waals surface area (Å²) in [5.74, 6) is 2.08. The van der Waals surface area contributed by atoms with Crippen molar-refractivity contribution < 1.29 is 19.0 Å². The summed E-state index contributed by atoms with van der Waals surface area (Å²) in [4.78, 5) is 16.8. The van der Waals surface area contributed by atoms with Crippen LogP contribution in [0.1, 0.15) is 25.5 Å². The van der Waals surface area contributed by atoms with Crippen LogP contribution in [0.25, 0.3) is 10.6 Å². The number of carbonyl (C=O) groups is 1. The van der Waals surface area contributed by atoms with Gasteiger partial charge in [0.15, 0.2) is 11.5 Å². The summed E-state index contributed by atoms with van der Waals surface area (Å²) in [7, 11) is 3.21. The Morgan fingerprint density at radius 1 is 1.19 bits per heavy atom. The highest BCUT2D eigenvalue weighted by atomic mass is 32.1. The van der Waals surface area contributed by atoms with E-state index in [1.807, 2.05) is 23.6 Å². The zero-order chi connectivity index (χ0) is 19.2. The average Bonchev–Trinajstić information content (AvgIpc) is 3.15. The molecule has 0 amide bonds. The highest BCUT2D eigenvalue weighted by molar-refractivity contribution is 7.13. The Bertz CT molecular complexity index is 814. The van der Waals surface area contributed by atoms with Crippen molar-refractivity contribution in [2.45, 2.75) is 26.2 Å². The molecular weight excluding hydrogens is 362 g/mol. The largest absolute Gasteiger partial charge is 0.493 e. The fourth-order valence-electron chi connectivity index (χ4n) is 3.13.